The van der Waals surface area contributed by atoms with E-state index in [9.17, 15) is 14.4 Å². The average Bonchev–Trinajstić information content (AvgIpc) is 3.08. The maximum Gasteiger partial charge on any atom is 0.338 e. The predicted octanol–water partition coefficient (Wildman–Crippen LogP) is 2.93. The molecule has 36 heavy (non-hydrogen) atoms. The molecule has 0 radical (unpaired) electrons. The van der Waals surface area contributed by atoms with Gasteiger partial charge in [-0.15, -0.1) is 0 Å². The van der Waals surface area contributed by atoms with Crippen LogP contribution in [0.25, 0.3) is 0 Å². The molecule has 0 spiro atoms. The maximum absolute atomic E-state index is 13.3. The third kappa shape index (κ3) is 5.51. The average molecular weight is 499 g/mol. The topological polar surface area (TPSA) is 91.4 Å². The van der Waals surface area contributed by atoms with Crippen molar-refractivity contribution in [1.29, 1.82) is 0 Å². The Morgan fingerprint density at radius 3 is 2.39 bits per heavy atom. The van der Waals surface area contributed by atoms with Gasteiger partial charge in [-0.05, 0) is 50.8 Å². The fourth-order valence-electron chi connectivity index (χ4n) is 5.18. The monoisotopic (exact) mass is 498 g/mol. The number of rotatable bonds is 8. The third-order valence-electron chi connectivity index (χ3n) is 7.43. The summed E-state index contributed by atoms with van der Waals surface area (Å²) in [6.07, 6.45) is 4.01. The Balaban J connectivity index is 1.62. The standard InChI is InChI=1S/C27H38N4O5/c1-4-31-22(18-29-14-7-15-30(17-16-29)25(32)20-8-6-9-20)23(26(33)36-5-2)24(28-27(31)34)19-10-12-21(35-3)13-11-19/h10-13,20,24H,4-9,14-18H2,1-3H3,(H,28,34). The molecule has 1 saturated heterocycles. The second kappa shape index (κ2) is 11.8. The van der Waals surface area contributed by atoms with Crippen molar-refractivity contribution < 1.29 is 23.9 Å². The molecule has 9 heteroatoms. The Morgan fingerprint density at radius 2 is 1.78 bits per heavy atom. The summed E-state index contributed by atoms with van der Waals surface area (Å²) in [6.45, 7) is 7.70. The van der Waals surface area contributed by atoms with Crippen molar-refractivity contribution in [2.75, 3.05) is 53.0 Å². The van der Waals surface area contributed by atoms with E-state index in [1.165, 1.54) is 0 Å². The molecule has 196 valence electrons. The van der Waals surface area contributed by atoms with Crippen LogP contribution in [0.2, 0.25) is 0 Å². The molecule has 1 atom stereocenters. The molecule has 3 amide bonds. The Bertz CT molecular complexity index is 988. The molecule has 3 aliphatic rings. The van der Waals surface area contributed by atoms with Crippen molar-refractivity contribution in [1.82, 2.24) is 20.0 Å². The van der Waals surface area contributed by atoms with Gasteiger partial charge in [0.25, 0.3) is 0 Å². The predicted molar refractivity (Wildman–Crippen MR) is 135 cm³/mol. The van der Waals surface area contributed by atoms with E-state index < -0.39 is 12.0 Å². The summed E-state index contributed by atoms with van der Waals surface area (Å²) in [4.78, 5) is 45.1. The lowest BCUT2D eigenvalue weighted by atomic mass is 9.84. The van der Waals surface area contributed by atoms with Gasteiger partial charge in [0.1, 0.15) is 5.75 Å². The minimum absolute atomic E-state index is 0.192. The number of carbonyl (C=O) groups is 3. The van der Waals surface area contributed by atoms with Crippen LogP contribution in [0.15, 0.2) is 35.5 Å². The first-order chi connectivity index (χ1) is 17.5. The van der Waals surface area contributed by atoms with Gasteiger partial charge in [-0.1, -0.05) is 18.6 Å². The van der Waals surface area contributed by atoms with Gasteiger partial charge in [-0.3, -0.25) is 14.6 Å². The van der Waals surface area contributed by atoms with Gasteiger partial charge in [0.2, 0.25) is 5.91 Å². The molecule has 9 nitrogen and oxygen atoms in total. The number of hydrogen-bond acceptors (Lipinski definition) is 6. The van der Waals surface area contributed by atoms with Crippen LogP contribution in [-0.2, 0) is 14.3 Å². The van der Waals surface area contributed by atoms with Crippen molar-refractivity contribution in [3.8, 4) is 5.75 Å². The van der Waals surface area contributed by atoms with Gasteiger partial charge in [-0.25, -0.2) is 9.59 Å². The fourth-order valence-corrected chi connectivity index (χ4v) is 5.18. The second-order valence-corrected chi connectivity index (χ2v) is 9.56. The molecule has 2 fully saturated rings. The smallest absolute Gasteiger partial charge is 0.338 e. The Hall–Kier alpha value is -3.07. The molecular weight excluding hydrogens is 460 g/mol. The molecule has 0 aromatic heterocycles. The molecule has 0 bridgehead atoms. The Morgan fingerprint density at radius 1 is 1.03 bits per heavy atom. The van der Waals surface area contributed by atoms with Crippen molar-refractivity contribution in [3.05, 3.63) is 41.1 Å². The summed E-state index contributed by atoms with van der Waals surface area (Å²) in [6, 6.07) is 6.50. The SMILES string of the molecule is CCOC(=O)C1=C(CN2CCCN(C(=O)C3CCC3)CC2)N(CC)C(=O)NC1c1ccc(OC)cc1. The lowest BCUT2D eigenvalue weighted by molar-refractivity contribution is -0.139. The van der Waals surface area contributed by atoms with Crippen molar-refractivity contribution in [2.45, 2.75) is 45.6 Å². The minimum atomic E-state index is -0.621. The lowest BCUT2D eigenvalue weighted by Crippen LogP contribution is -2.51. The molecule has 1 aromatic rings. The highest BCUT2D eigenvalue weighted by Gasteiger charge is 2.38. The molecule has 1 unspecified atom stereocenters. The highest BCUT2D eigenvalue weighted by molar-refractivity contribution is 5.95. The number of hydrogen-bond donors (Lipinski definition) is 1. The first-order valence-electron chi connectivity index (χ1n) is 13.1. The van der Waals surface area contributed by atoms with Gasteiger partial charge in [0.15, 0.2) is 0 Å². The van der Waals surface area contributed by atoms with Gasteiger partial charge in [0.05, 0.1) is 25.3 Å². The Labute approximate surface area is 213 Å². The third-order valence-corrected chi connectivity index (χ3v) is 7.43. The number of esters is 1. The summed E-state index contributed by atoms with van der Waals surface area (Å²) in [7, 11) is 1.60. The van der Waals surface area contributed by atoms with E-state index in [-0.39, 0.29) is 24.5 Å². The van der Waals surface area contributed by atoms with Crippen LogP contribution in [0.4, 0.5) is 4.79 Å². The molecule has 1 aromatic carbocycles. The van der Waals surface area contributed by atoms with E-state index in [1.54, 1.807) is 18.9 Å². The van der Waals surface area contributed by atoms with Crippen molar-refractivity contribution in [3.63, 3.8) is 0 Å². The maximum atomic E-state index is 13.3. The van der Waals surface area contributed by atoms with Gasteiger partial charge in [-0.2, -0.15) is 0 Å². The zero-order valence-corrected chi connectivity index (χ0v) is 21.6. The number of methoxy groups -OCH3 is 1. The summed E-state index contributed by atoms with van der Waals surface area (Å²) >= 11 is 0. The molecule has 4 rings (SSSR count). The van der Waals surface area contributed by atoms with Gasteiger partial charge < -0.3 is 19.7 Å². The highest BCUT2D eigenvalue weighted by atomic mass is 16.5. The first kappa shape index (κ1) is 26.0. The molecule has 1 saturated carbocycles. The minimum Gasteiger partial charge on any atom is -0.497 e. The van der Waals surface area contributed by atoms with Crippen LogP contribution < -0.4 is 10.1 Å². The van der Waals surface area contributed by atoms with Crippen LogP contribution in [0, 0.1) is 5.92 Å². The summed E-state index contributed by atoms with van der Waals surface area (Å²) in [5.41, 5.74) is 1.91. The van der Waals surface area contributed by atoms with Crippen LogP contribution in [0.3, 0.4) is 0 Å². The molecule has 2 heterocycles. The summed E-state index contributed by atoms with van der Waals surface area (Å²) in [5.74, 6) is 0.741. The fraction of sp³-hybridized carbons (Fsp3) is 0.593. The van der Waals surface area contributed by atoms with E-state index >= 15 is 0 Å². The van der Waals surface area contributed by atoms with E-state index in [0.29, 0.717) is 43.2 Å². The molecule has 1 N–H and O–H groups in total. The number of nitrogens with one attached hydrogen (secondary N) is 1. The number of likely N-dealkylation sites (N-methyl/N-ethyl adjacent to an activating group) is 1. The highest BCUT2D eigenvalue weighted by Crippen LogP contribution is 2.33. The van der Waals surface area contributed by atoms with E-state index in [1.807, 2.05) is 36.1 Å². The summed E-state index contributed by atoms with van der Waals surface area (Å²) in [5, 5.41) is 3.00. The second-order valence-electron chi connectivity index (χ2n) is 9.56. The zero-order chi connectivity index (χ0) is 25.7. The van der Waals surface area contributed by atoms with Crippen LogP contribution >= 0.6 is 0 Å². The number of urea groups is 1. The molecule has 1 aliphatic carbocycles. The number of nitrogens with zero attached hydrogens (tertiary/aromatic N) is 3. The van der Waals surface area contributed by atoms with E-state index in [0.717, 1.165) is 44.3 Å². The largest absolute Gasteiger partial charge is 0.497 e. The number of ether oxygens (including phenoxy) is 2. The van der Waals surface area contributed by atoms with Crippen molar-refractivity contribution in [2.24, 2.45) is 5.92 Å². The Kier molecular flexibility index (Phi) is 8.51. The van der Waals surface area contributed by atoms with Gasteiger partial charge in [0, 0.05) is 50.9 Å². The number of carbonyl (C=O) groups excluding carboxylic acids is 3. The van der Waals surface area contributed by atoms with Crippen molar-refractivity contribution >= 4 is 17.9 Å². The number of amides is 3. The van der Waals surface area contributed by atoms with Crippen LogP contribution in [-0.4, -0.2) is 85.6 Å². The molecule has 2 aliphatic heterocycles. The normalized spacial score (nSPS) is 21.5. The quantitative estimate of drug-likeness (QED) is 0.554. The van der Waals surface area contributed by atoms with Crippen LogP contribution in [0.5, 0.6) is 5.75 Å². The van der Waals surface area contributed by atoms with E-state index in [2.05, 4.69) is 10.2 Å². The first-order valence-corrected chi connectivity index (χ1v) is 13.1. The zero-order valence-electron chi connectivity index (χ0n) is 21.6. The number of benzene rings is 1. The molecular formula is C27H38N4O5. The summed E-state index contributed by atoms with van der Waals surface area (Å²) < 4.78 is 10.7. The van der Waals surface area contributed by atoms with Crippen LogP contribution in [0.1, 0.15) is 51.1 Å². The lowest BCUT2D eigenvalue weighted by Gasteiger charge is -2.38. The van der Waals surface area contributed by atoms with Gasteiger partial charge >= 0.3 is 12.0 Å². The van der Waals surface area contributed by atoms with E-state index in [4.69, 9.17) is 9.47 Å².